The number of benzene rings is 1. The summed E-state index contributed by atoms with van der Waals surface area (Å²) < 4.78 is 33.8. The van der Waals surface area contributed by atoms with Gasteiger partial charge in [-0.05, 0) is 38.8 Å². The van der Waals surface area contributed by atoms with Gasteiger partial charge in [0, 0.05) is 17.4 Å². The van der Waals surface area contributed by atoms with Crippen LogP contribution >= 0.6 is 0 Å². The summed E-state index contributed by atoms with van der Waals surface area (Å²) in [6.45, 7) is 5.45. The summed E-state index contributed by atoms with van der Waals surface area (Å²) in [5.74, 6) is 0.809. The van der Waals surface area contributed by atoms with E-state index in [1.807, 2.05) is 6.92 Å². The second-order valence-electron chi connectivity index (χ2n) is 8.20. The summed E-state index contributed by atoms with van der Waals surface area (Å²) >= 11 is 0. The van der Waals surface area contributed by atoms with E-state index >= 15 is 0 Å². The summed E-state index contributed by atoms with van der Waals surface area (Å²) in [6, 6.07) is 7.14. The second-order valence-corrected chi connectivity index (χ2v) is 9.88. The van der Waals surface area contributed by atoms with E-state index in [9.17, 15) is 13.7 Å². The number of hydrogen-bond acceptors (Lipinski definition) is 7. The number of fused-ring (bicyclic) bond motifs is 3. The first-order valence-corrected chi connectivity index (χ1v) is 11.4. The Bertz CT molecular complexity index is 1290. The lowest BCUT2D eigenvalue weighted by Gasteiger charge is -2.37. The fourth-order valence-electron chi connectivity index (χ4n) is 3.95. The Morgan fingerprint density at radius 2 is 2.13 bits per heavy atom. The summed E-state index contributed by atoms with van der Waals surface area (Å²) in [5, 5.41) is 10.9. The van der Waals surface area contributed by atoms with Crippen LogP contribution in [0.15, 0.2) is 29.4 Å². The number of nitriles is 1. The maximum absolute atomic E-state index is 12.8. The van der Waals surface area contributed by atoms with Gasteiger partial charge in [0.25, 0.3) is 0 Å². The molecule has 1 aromatic carbocycles. The van der Waals surface area contributed by atoms with Crippen LogP contribution in [-0.2, 0) is 14.8 Å². The third-order valence-electron chi connectivity index (χ3n) is 5.82. The van der Waals surface area contributed by atoms with Crippen molar-refractivity contribution < 1.29 is 13.2 Å². The molecular weight excluding hydrogens is 404 g/mol. The number of nitrogens with one attached hydrogen (secondary N) is 2. The fraction of sp³-hybridized carbons (Fsp3) is 0.450. The molecule has 156 valence electrons. The molecule has 3 aromatic rings. The van der Waals surface area contributed by atoms with E-state index in [1.165, 1.54) is 6.33 Å². The van der Waals surface area contributed by atoms with Gasteiger partial charge in [-0.15, -0.1) is 0 Å². The van der Waals surface area contributed by atoms with E-state index in [-0.39, 0.29) is 17.0 Å². The molecule has 1 aliphatic heterocycles. The van der Waals surface area contributed by atoms with Crippen molar-refractivity contribution in [2.24, 2.45) is 0 Å². The Balaban J connectivity index is 1.60. The number of morpholine rings is 1. The molecule has 0 bridgehead atoms. The van der Waals surface area contributed by atoms with Crippen molar-refractivity contribution >= 4 is 37.8 Å². The van der Waals surface area contributed by atoms with Crippen molar-refractivity contribution in [3.05, 3.63) is 24.5 Å². The number of rotatable bonds is 4. The van der Waals surface area contributed by atoms with Gasteiger partial charge in [0.2, 0.25) is 10.0 Å². The standard InChI is InChI=1S/C20H22N6O3S/c1-12-9-29-13(2)8-26(12)19-17-15-4-3-14(7-16(15)24-18(17)22-11-23-19)30(27,28)25-20(10-21)5-6-20/h3-4,7,11-13,25H,5-6,8-9H2,1-2H3,(H,22,23,24)/t12-,13+/m1/s1. The molecular formula is C20H22N6O3S. The number of sulfonamides is 1. The average Bonchev–Trinajstić information content (AvgIpc) is 3.38. The van der Waals surface area contributed by atoms with Crippen LogP contribution in [0.25, 0.3) is 21.9 Å². The van der Waals surface area contributed by atoms with Crippen LogP contribution in [-0.4, -0.2) is 54.2 Å². The Kier molecular flexibility index (Phi) is 4.25. The van der Waals surface area contributed by atoms with Crippen LogP contribution in [0.4, 0.5) is 5.82 Å². The predicted octanol–water partition coefficient (Wildman–Crippen LogP) is 2.06. The summed E-state index contributed by atoms with van der Waals surface area (Å²) in [7, 11) is -3.80. The minimum absolute atomic E-state index is 0.0918. The van der Waals surface area contributed by atoms with E-state index in [0.717, 1.165) is 16.6 Å². The van der Waals surface area contributed by atoms with Gasteiger partial charge in [-0.25, -0.2) is 18.4 Å². The molecule has 3 heterocycles. The van der Waals surface area contributed by atoms with Gasteiger partial charge in [-0.3, -0.25) is 0 Å². The topological polar surface area (TPSA) is 124 Å². The largest absolute Gasteiger partial charge is 0.375 e. The highest BCUT2D eigenvalue weighted by Crippen LogP contribution is 2.37. The van der Waals surface area contributed by atoms with Gasteiger partial charge < -0.3 is 14.6 Å². The van der Waals surface area contributed by atoms with Crippen molar-refractivity contribution in [2.45, 2.75) is 49.3 Å². The van der Waals surface area contributed by atoms with E-state index in [2.05, 4.69) is 37.6 Å². The number of aromatic nitrogens is 3. The van der Waals surface area contributed by atoms with E-state index in [0.29, 0.717) is 37.2 Å². The normalized spacial score (nSPS) is 23.6. The van der Waals surface area contributed by atoms with Crippen LogP contribution < -0.4 is 9.62 Å². The number of anilines is 1. The molecule has 0 amide bonds. The first kappa shape index (κ1) is 19.2. The van der Waals surface area contributed by atoms with E-state index in [1.54, 1.807) is 18.2 Å². The highest BCUT2D eigenvalue weighted by molar-refractivity contribution is 7.89. The third-order valence-corrected chi connectivity index (χ3v) is 7.36. The smallest absolute Gasteiger partial charge is 0.242 e. The molecule has 0 unspecified atom stereocenters. The van der Waals surface area contributed by atoms with Crippen molar-refractivity contribution in [1.29, 1.82) is 5.26 Å². The van der Waals surface area contributed by atoms with Crippen LogP contribution in [0, 0.1) is 11.3 Å². The van der Waals surface area contributed by atoms with Crippen molar-refractivity contribution in [2.75, 3.05) is 18.1 Å². The Morgan fingerprint density at radius 3 is 2.87 bits per heavy atom. The van der Waals surface area contributed by atoms with E-state index in [4.69, 9.17) is 4.74 Å². The Morgan fingerprint density at radius 1 is 1.33 bits per heavy atom. The van der Waals surface area contributed by atoms with E-state index < -0.39 is 15.6 Å². The monoisotopic (exact) mass is 426 g/mol. The molecule has 9 nitrogen and oxygen atoms in total. The van der Waals surface area contributed by atoms with Gasteiger partial charge in [0.1, 0.15) is 23.3 Å². The summed E-state index contributed by atoms with van der Waals surface area (Å²) in [5.41, 5.74) is 0.348. The SMILES string of the molecule is C[C@@H]1CO[C@@H](C)CN1c1ncnc2[nH]c3cc(S(=O)(=O)NC4(C#N)CC4)ccc3c12. The zero-order valence-electron chi connectivity index (χ0n) is 16.7. The maximum atomic E-state index is 12.8. The zero-order valence-corrected chi connectivity index (χ0v) is 17.5. The Labute approximate surface area is 174 Å². The molecule has 10 heteroatoms. The summed E-state index contributed by atoms with van der Waals surface area (Å²) in [6.07, 6.45) is 2.68. The first-order chi connectivity index (χ1) is 14.3. The third kappa shape index (κ3) is 3.10. The average molecular weight is 427 g/mol. The molecule has 2 atom stereocenters. The van der Waals surface area contributed by atoms with Gasteiger partial charge in [-0.2, -0.15) is 9.98 Å². The lowest BCUT2D eigenvalue weighted by Crippen LogP contribution is -2.47. The van der Waals surface area contributed by atoms with Gasteiger partial charge in [0.05, 0.1) is 35.1 Å². The quantitative estimate of drug-likeness (QED) is 0.654. The molecule has 2 aliphatic rings. The molecule has 5 rings (SSSR count). The minimum atomic E-state index is -3.80. The Hall–Kier alpha value is -2.74. The van der Waals surface area contributed by atoms with Crippen LogP contribution in [0.3, 0.4) is 0 Å². The molecule has 0 radical (unpaired) electrons. The lowest BCUT2D eigenvalue weighted by atomic mass is 10.1. The maximum Gasteiger partial charge on any atom is 0.242 e. The molecule has 1 aliphatic carbocycles. The van der Waals surface area contributed by atoms with Crippen molar-refractivity contribution in [1.82, 2.24) is 19.7 Å². The fourth-order valence-corrected chi connectivity index (χ4v) is 5.35. The number of ether oxygens (including phenoxy) is 1. The van der Waals surface area contributed by atoms with Crippen molar-refractivity contribution in [3.63, 3.8) is 0 Å². The number of H-pyrrole nitrogens is 1. The lowest BCUT2D eigenvalue weighted by molar-refractivity contribution is 0.0342. The molecule has 30 heavy (non-hydrogen) atoms. The second kappa shape index (κ2) is 6.63. The van der Waals surface area contributed by atoms with Crippen LogP contribution in [0.2, 0.25) is 0 Å². The minimum Gasteiger partial charge on any atom is -0.375 e. The molecule has 2 aromatic heterocycles. The van der Waals surface area contributed by atoms with Gasteiger partial charge in [-0.1, -0.05) is 6.07 Å². The molecule has 2 fully saturated rings. The van der Waals surface area contributed by atoms with Gasteiger partial charge >= 0.3 is 0 Å². The highest BCUT2D eigenvalue weighted by atomic mass is 32.2. The first-order valence-electron chi connectivity index (χ1n) is 9.92. The van der Waals surface area contributed by atoms with Gasteiger partial charge in [0.15, 0.2) is 0 Å². The van der Waals surface area contributed by atoms with Crippen LogP contribution in [0.5, 0.6) is 0 Å². The molecule has 2 N–H and O–H groups in total. The number of nitrogens with zero attached hydrogens (tertiary/aromatic N) is 4. The number of hydrogen-bond donors (Lipinski definition) is 2. The summed E-state index contributed by atoms with van der Waals surface area (Å²) in [4.78, 5) is 14.5. The number of aromatic amines is 1. The highest BCUT2D eigenvalue weighted by Gasteiger charge is 2.46. The van der Waals surface area contributed by atoms with Crippen LogP contribution in [0.1, 0.15) is 26.7 Å². The molecule has 1 saturated carbocycles. The molecule has 0 spiro atoms. The zero-order chi connectivity index (χ0) is 21.1. The van der Waals surface area contributed by atoms with Crippen molar-refractivity contribution in [3.8, 4) is 6.07 Å². The molecule has 1 saturated heterocycles. The predicted molar refractivity (Wildman–Crippen MR) is 112 cm³/mol.